The van der Waals surface area contributed by atoms with E-state index in [1.54, 1.807) is 0 Å². The molecule has 1 aliphatic carbocycles. The third-order valence-electron chi connectivity index (χ3n) is 3.08. The Morgan fingerprint density at radius 3 is 2.76 bits per heavy atom. The second kappa shape index (κ2) is 5.96. The van der Waals surface area contributed by atoms with Crippen LogP contribution in [-0.2, 0) is 6.54 Å². The van der Waals surface area contributed by atoms with Gasteiger partial charge in [0.1, 0.15) is 5.82 Å². The number of hydrogen-bond donors (Lipinski definition) is 1. The minimum absolute atomic E-state index is 0.726. The molecular weight excluding hydrogens is 212 g/mol. The van der Waals surface area contributed by atoms with Crippen LogP contribution in [0.1, 0.15) is 38.3 Å². The van der Waals surface area contributed by atoms with Crippen molar-refractivity contribution in [2.45, 2.75) is 45.2 Å². The molecule has 0 amide bonds. The number of hydrogen-bond acceptors (Lipinski definition) is 4. The first kappa shape index (κ1) is 12.3. The molecule has 1 heterocycles. The summed E-state index contributed by atoms with van der Waals surface area (Å²) in [6, 6.07) is 0.726. The van der Waals surface area contributed by atoms with Gasteiger partial charge in [0.05, 0.1) is 18.1 Å². The molecule has 1 aliphatic rings. The molecule has 0 saturated heterocycles. The molecule has 0 unspecified atom stereocenters. The van der Waals surface area contributed by atoms with Gasteiger partial charge in [-0.15, -0.1) is 0 Å². The molecule has 0 aliphatic heterocycles. The van der Waals surface area contributed by atoms with Gasteiger partial charge in [0, 0.05) is 26.2 Å². The Morgan fingerprint density at radius 2 is 2.18 bits per heavy atom. The van der Waals surface area contributed by atoms with Gasteiger partial charge in [-0.3, -0.25) is 4.98 Å². The van der Waals surface area contributed by atoms with E-state index < -0.39 is 0 Å². The molecule has 1 aromatic rings. The van der Waals surface area contributed by atoms with E-state index in [0.717, 1.165) is 30.6 Å². The molecular formula is C13H22N4. The van der Waals surface area contributed by atoms with Crippen LogP contribution in [0.2, 0.25) is 0 Å². The summed E-state index contributed by atoms with van der Waals surface area (Å²) in [6.07, 6.45) is 8.79. The van der Waals surface area contributed by atoms with Crippen LogP contribution in [0.25, 0.3) is 0 Å². The number of nitrogens with zero attached hydrogens (tertiary/aromatic N) is 3. The Balaban J connectivity index is 1.82. The van der Waals surface area contributed by atoms with Gasteiger partial charge in [-0.2, -0.15) is 0 Å². The Bertz CT molecular complexity index is 332. The molecule has 1 aromatic heterocycles. The molecule has 0 atom stereocenters. The zero-order valence-electron chi connectivity index (χ0n) is 10.8. The lowest BCUT2D eigenvalue weighted by Crippen LogP contribution is -2.21. The van der Waals surface area contributed by atoms with Crippen LogP contribution in [0.4, 0.5) is 5.82 Å². The van der Waals surface area contributed by atoms with E-state index in [1.165, 1.54) is 25.7 Å². The lowest BCUT2D eigenvalue weighted by atomic mass is 10.3. The first-order chi connectivity index (χ1) is 8.29. The maximum atomic E-state index is 4.45. The molecule has 4 heteroatoms. The predicted octanol–water partition coefficient (Wildman–Crippen LogP) is 1.96. The molecule has 1 saturated carbocycles. The highest BCUT2D eigenvalue weighted by Gasteiger charge is 2.20. The summed E-state index contributed by atoms with van der Waals surface area (Å²) in [4.78, 5) is 11.1. The van der Waals surface area contributed by atoms with Crippen LogP contribution in [0.15, 0.2) is 12.4 Å². The second-order valence-corrected chi connectivity index (χ2v) is 4.80. The van der Waals surface area contributed by atoms with Crippen LogP contribution < -0.4 is 10.2 Å². The summed E-state index contributed by atoms with van der Waals surface area (Å²) in [5.74, 6) is 0.966. The molecule has 0 aromatic carbocycles. The maximum Gasteiger partial charge on any atom is 0.146 e. The van der Waals surface area contributed by atoms with Crippen LogP contribution in [0, 0.1) is 0 Å². The maximum absolute atomic E-state index is 4.45. The molecule has 0 radical (unpaired) electrons. The average Bonchev–Trinajstić information content (AvgIpc) is 3.18. The van der Waals surface area contributed by atoms with Crippen molar-refractivity contribution in [3.63, 3.8) is 0 Å². The Morgan fingerprint density at radius 1 is 1.35 bits per heavy atom. The number of nitrogens with one attached hydrogen (secondary N) is 1. The Hall–Kier alpha value is -1.16. The van der Waals surface area contributed by atoms with Crippen molar-refractivity contribution >= 4 is 5.82 Å². The monoisotopic (exact) mass is 234 g/mol. The quantitative estimate of drug-likeness (QED) is 0.783. The van der Waals surface area contributed by atoms with Gasteiger partial charge >= 0.3 is 0 Å². The lowest BCUT2D eigenvalue weighted by Gasteiger charge is -2.17. The molecule has 94 valence electrons. The fourth-order valence-electron chi connectivity index (χ4n) is 1.68. The molecule has 1 N–H and O–H groups in total. The van der Waals surface area contributed by atoms with Crippen molar-refractivity contribution in [2.24, 2.45) is 0 Å². The minimum Gasteiger partial charge on any atom is -0.358 e. The van der Waals surface area contributed by atoms with Crippen LogP contribution in [-0.4, -0.2) is 29.6 Å². The highest BCUT2D eigenvalue weighted by atomic mass is 15.2. The fourth-order valence-corrected chi connectivity index (χ4v) is 1.68. The van der Waals surface area contributed by atoms with E-state index in [0.29, 0.717) is 0 Å². The van der Waals surface area contributed by atoms with Crippen LogP contribution in [0.3, 0.4) is 0 Å². The van der Waals surface area contributed by atoms with Crippen molar-refractivity contribution in [3.05, 3.63) is 18.1 Å². The van der Waals surface area contributed by atoms with E-state index in [4.69, 9.17) is 0 Å². The van der Waals surface area contributed by atoms with Crippen molar-refractivity contribution in [3.8, 4) is 0 Å². The van der Waals surface area contributed by atoms with Crippen molar-refractivity contribution < 1.29 is 0 Å². The Labute approximate surface area is 103 Å². The molecule has 1 fully saturated rings. The van der Waals surface area contributed by atoms with Gasteiger partial charge in [0.15, 0.2) is 0 Å². The lowest BCUT2D eigenvalue weighted by molar-refractivity contribution is 0.670. The summed E-state index contributed by atoms with van der Waals surface area (Å²) < 4.78 is 0. The summed E-state index contributed by atoms with van der Waals surface area (Å²) in [7, 11) is 2.07. The standard InChI is InChI=1S/C13H22N4/c1-3-4-7-17(2)13-10-15-12(9-16-13)8-14-11-5-6-11/h9-11,14H,3-8H2,1-2H3. The van der Waals surface area contributed by atoms with Gasteiger partial charge in [0.2, 0.25) is 0 Å². The fraction of sp³-hybridized carbons (Fsp3) is 0.692. The zero-order chi connectivity index (χ0) is 12.1. The third kappa shape index (κ3) is 3.97. The third-order valence-corrected chi connectivity index (χ3v) is 3.08. The molecule has 4 nitrogen and oxygen atoms in total. The first-order valence-electron chi connectivity index (χ1n) is 6.55. The number of anilines is 1. The molecule has 2 rings (SSSR count). The normalized spacial score (nSPS) is 14.9. The predicted molar refractivity (Wildman–Crippen MR) is 70.1 cm³/mol. The molecule has 0 bridgehead atoms. The largest absolute Gasteiger partial charge is 0.358 e. The number of unbranched alkanes of at least 4 members (excludes halogenated alkanes) is 1. The summed E-state index contributed by atoms with van der Waals surface area (Å²) in [5.41, 5.74) is 1.03. The zero-order valence-corrected chi connectivity index (χ0v) is 10.8. The van der Waals surface area contributed by atoms with Crippen molar-refractivity contribution in [1.82, 2.24) is 15.3 Å². The van der Waals surface area contributed by atoms with Gasteiger partial charge in [0.25, 0.3) is 0 Å². The average molecular weight is 234 g/mol. The minimum atomic E-state index is 0.726. The number of rotatable bonds is 7. The summed E-state index contributed by atoms with van der Waals surface area (Å²) >= 11 is 0. The van der Waals surface area contributed by atoms with E-state index >= 15 is 0 Å². The highest BCUT2D eigenvalue weighted by Crippen LogP contribution is 2.19. The molecule has 0 spiro atoms. The van der Waals surface area contributed by atoms with Gasteiger partial charge in [-0.05, 0) is 19.3 Å². The van der Waals surface area contributed by atoms with Crippen LogP contribution in [0.5, 0.6) is 0 Å². The SMILES string of the molecule is CCCCN(C)c1cnc(CNC2CC2)cn1. The van der Waals surface area contributed by atoms with E-state index in [-0.39, 0.29) is 0 Å². The molecule has 17 heavy (non-hydrogen) atoms. The van der Waals surface area contributed by atoms with Gasteiger partial charge < -0.3 is 10.2 Å². The first-order valence-corrected chi connectivity index (χ1v) is 6.55. The van der Waals surface area contributed by atoms with Crippen LogP contribution >= 0.6 is 0 Å². The van der Waals surface area contributed by atoms with Gasteiger partial charge in [-0.1, -0.05) is 13.3 Å². The smallest absolute Gasteiger partial charge is 0.146 e. The van der Waals surface area contributed by atoms with Gasteiger partial charge in [-0.25, -0.2) is 4.98 Å². The number of aromatic nitrogens is 2. The second-order valence-electron chi connectivity index (χ2n) is 4.80. The Kier molecular flexibility index (Phi) is 4.31. The van der Waals surface area contributed by atoms with Crippen molar-refractivity contribution in [1.29, 1.82) is 0 Å². The van der Waals surface area contributed by atoms with E-state index in [1.807, 2.05) is 12.4 Å². The van der Waals surface area contributed by atoms with Crippen molar-refractivity contribution in [2.75, 3.05) is 18.5 Å². The van der Waals surface area contributed by atoms with E-state index in [2.05, 4.69) is 34.2 Å². The topological polar surface area (TPSA) is 41.1 Å². The summed E-state index contributed by atoms with van der Waals surface area (Å²) in [6.45, 7) is 4.09. The highest BCUT2D eigenvalue weighted by molar-refractivity contribution is 5.34. The van der Waals surface area contributed by atoms with E-state index in [9.17, 15) is 0 Å². The summed E-state index contributed by atoms with van der Waals surface area (Å²) in [5, 5.41) is 3.44.